The maximum atomic E-state index is 5.41. The van der Waals surface area contributed by atoms with Gasteiger partial charge >= 0.3 is 0 Å². The summed E-state index contributed by atoms with van der Waals surface area (Å²) in [5.74, 6) is 1.75. The van der Waals surface area contributed by atoms with Gasteiger partial charge in [0, 0.05) is 19.0 Å². The molecule has 3 heterocycles. The molecule has 2 aromatic heterocycles. The molecule has 1 unspecified atom stereocenters. The second-order valence-corrected chi connectivity index (χ2v) is 4.99. The Balaban J connectivity index is 1.87. The Morgan fingerprint density at radius 2 is 2.42 bits per heavy atom. The molecule has 6 heteroatoms. The van der Waals surface area contributed by atoms with Crippen LogP contribution in [0.3, 0.4) is 0 Å². The Morgan fingerprint density at radius 1 is 1.53 bits per heavy atom. The zero-order valence-corrected chi connectivity index (χ0v) is 11.4. The highest BCUT2D eigenvalue weighted by Gasteiger charge is 2.22. The fourth-order valence-corrected chi connectivity index (χ4v) is 2.54. The molecule has 3 rings (SSSR count). The molecule has 0 amide bonds. The average Bonchev–Trinajstić information content (AvgIpc) is 3.05. The van der Waals surface area contributed by atoms with Gasteiger partial charge in [-0.1, -0.05) is 5.16 Å². The summed E-state index contributed by atoms with van der Waals surface area (Å²) in [6, 6.07) is 1.99. The minimum atomic E-state index is 0.366. The minimum absolute atomic E-state index is 0.366. The zero-order valence-electron chi connectivity index (χ0n) is 11.4. The van der Waals surface area contributed by atoms with Gasteiger partial charge in [-0.2, -0.15) is 10.1 Å². The average molecular weight is 261 g/mol. The molecule has 1 aliphatic rings. The van der Waals surface area contributed by atoms with E-state index in [1.807, 2.05) is 17.7 Å². The number of aromatic nitrogens is 4. The molecule has 6 nitrogen and oxygen atoms in total. The summed E-state index contributed by atoms with van der Waals surface area (Å²) in [6.45, 7) is 6.84. The number of piperidine rings is 1. The largest absolute Gasteiger partial charge is 0.332 e. The highest BCUT2D eigenvalue weighted by Crippen LogP contribution is 2.24. The monoisotopic (exact) mass is 261 g/mol. The third-order valence-electron chi connectivity index (χ3n) is 3.52. The van der Waals surface area contributed by atoms with Gasteiger partial charge in [-0.15, -0.1) is 0 Å². The fourth-order valence-electron chi connectivity index (χ4n) is 2.54. The maximum Gasteiger partial charge on any atom is 0.276 e. The van der Waals surface area contributed by atoms with Crippen LogP contribution >= 0.6 is 0 Å². The zero-order chi connectivity index (χ0) is 13.2. The molecule has 1 fully saturated rings. The molecule has 0 bridgehead atoms. The lowest BCUT2D eigenvalue weighted by atomic mass is 9.99. The molecule has 1 N–H and O–H groups in total. The third kappa shape index (κ3) is 2.40. The molecule has 0 saturated carbocycles. The summed E-state index contributed by atoms with van der Waals surface area (Å²) in [5.41, 5.74) is 1.87. The molecular weight excluding hydrogens is 242 g/mol. The molecule has 0 spiro atoms. The highest BCUT2D eigenvalue weighted by molar-refractivity contribution is 5.47. The van der Waals surface area contributed by atoms with E-state index in [9.17, 15) is 0 Å². The molecule has 19 heavy (non-hydrogen) atoms. The normalized spacial score (nSPS) is 19.8. The predicted octanol–water partition coefficient (Wildman–Crippen LogP) is 1.73. The van der Waals surface area contributed by atoms with Crippen LogP contribution < -0.4 is 5.32 Å². The van der Waals surface area contributed by atoms with Crippen LogP contribution in [0.1, 0.15) is 37.2 Å². The smallest absolute Gasteiger partial charge is 0.276 e. The van der Waals surface area contributed by atoms with Gasteiger partial charge in [0.2, 0.25) is 0 Å². The van der Waals surface area contributed by atoms with Gasteiger partial charge in [-0.3, -0.25) is 4.68 Å². The van der Waals surface area contributed by atoms with Crippen molar-refractivity contribution in [2.75, 3.05) is 13.1 Å². The lowest BCUT2D eigenvalue weighted by Gasteiger charge is -2.19. The molecular formula is C13H19N5O. The van der Waals surface area contributed by atoms with E-state index >= 15 is 0 Å². The second-order valence-electron chi connectivity index (χ2n) is 4.99. The summed E-state index contributed by atoms with van der Waals surface area (Å²) >= 11 is 0. The van der Waals surface area contributed by atoms with Gasteiger partial charge in [-0.05, 0) is 39.3 Å². The Morgan fingerprint density at radius 3 is 3.16 bits per heavy atom. The Hall–Kier alpha value is -1.69. The van der Waals surface area contributed by atoms with Crippen LogP contribution in [0, 0.1) is 6.92 Å². The molecule has 0 aromatic carbocycles. The predicted molar refractivity (Wildman–Crippen MR) is 70.8 cm³/mol. The summed E-state index contributed by atoms with van der Waals surface area (Å²) < 4.78 is 7.30. The van der Waals surface area contributed by atoms with Crippen molar-refractivity contribution in [1.29, 1.82) is 0 Å². The number of nitrogens with one attached hydrogen (secondary N) is 1. The summed E-state index contributed by atoms with van der Waals surface area (Å²) in [6.07, 6.45) is 2.29. The number of hydrogen-bond donors (Lipinski definition) is 1. The van der Waals surface area contributed by atoms with Crippen molar-refractivity contribution in [2.45, 2.75) is 39.2 Å². The molecule has 2 aromatic rings. The topological polar surface area (TPSA) is 68.8 Å². The van der Waals surface area contributed by atoms with Crippen molar-refractivity contribution in [2.24, 2.45) is 0 Å². The lowest BCUT2D eigenvalue weighted by molar-refractivity contribution is 0.391. The summed E-state index contributed by atoms with van der Waals surface area (Å²) in [5, 5.41) is 11.9. The van der Waals surface area contributed by atoms with Gasteiger partial charge in [-0.25, -0.2) is 0 Å². The standard InChI is InChI=1S/C13H19N5O/c1-3-18-11(7-9(2)16-18)13-15-12(17-19-13)10-5-4-6-14-8-10/h7,10,14H,3-6,8H2,1-2H3. The van der Waals surface area contributed by atoms with E-state index in [-0.39, 0.29) is 0 Å². The first-order valence-electron chi connectivity index (χ1n) is 6.87. The van der Waals surface area contributed by atoms with Crippen molar-refractivity contribution in [1.82, 2.24) is 25.2 Å². The van der Waals surface area contributed by atoms with Crippen molar-refractivity contribution in [3.05, 3.63) is 17.6 Å². The van der Waals surface area contributed by atoms with Gasteiger partial charge in [0.05, 0.1) is 5.69 Å². The molecule has 102 valence electrons. The van der Waals surface area contributed by atoms with E-state index in [1.165, 1.54) is 6.42 Å². The van der Waals surface area contributed by atoms with E-state index in [4.69, 9.17) is 4.52 Å². The number of rotatable bonds is 3. The van der Waals surface area contributed by atoms with Crippen LogP contribution in [0.4, 0.5) is 0 Å². The first-order valence-corrected chi connectivity index (χ1v) is 6.87. The van der Waals surface area contributed by atoms with Crippen molar-refractivity contribution >= 4 is 0 Å². The first kappa shape index (κ1) is 12.3. The number of aryl methyl sites for hydroxylation is 2. The second kappa shape index (κ2) is 5.13. The molecule has 0 radical (unpaired) electrons. The SMILES string of the molecule is CCn1nc(C)cc1-c1nc(C2CCCNC2)no1. The summed E-state index contributed by atoms with van der Waals surface area (Å²) in [7, 11) is 0. The fraction of sp³-hybridized carbons (Fsp3) is 0.615. The quantitative estimate of drug-likeness (QED) is 0.911. The third-order valence-corrected chi connectivity index (χ3v) is 3.52. The van der Waals surface area contributed by atoms with Crippen molar-refractivity contribution < 1.29 is 4.52 Å². The van der Waals surface area contributed by atoms with Crippen LogP contribution in [0.25, 0.3) is 11.6 Å². The van der Waals surface area contributed by atoms with Gasteiger partial charge in [0.25, 0.3) is 5.89 Å². The van der Waals surface area contributed by atoms with Crippen molar-refractivity contribution in [3.63, 3.8) is 0 Å². The number of nitrogens with zero attached hydrogens (tertiary/aromatic N) is 4. The van der Waals surface area contributed by atoms with E-state index in [2.05, 4.69) is 27.5 Å². The molecule has 0 aliphatic carbocycles. The lowest BCUT2D eigenvalue weighted by Crippen LogP contribution is -2.28. The van der Waals surface area contributed by atoms with Crippen LogP contribution in [0.5, 0.6) is 0 Å². The van der Waals surface area contributed by atoms with E-state index in [0.717, 1.165) is 43.3 Å². The van der Waals surface area contributed by atoms with E-state index in [0.29, 0.717) is 11.8 Å². The molecule has 1 atom stereocenters. The minimum Gasteiger partial charge on any atom is -0.332 e. The van der Waals surface area contributed by atoms with Gasteiger partial charge in [0.1, 0.15) is 5.69 Å². The Labute approximate surface area is 112 Å². The maximum absolute atomic E-state index is 5.41. The highest BCUT2D eigenvalue weighted by atomic mass is 16.5. The van der Waals surface area contributed by atoms with E-state index < -0.39 is 0 Å². The van der Waals surface area contributed by atoms with Crippen LogP contribution in [0.2, 0.25) is 0 Å². The Kier molecular flexibility index (Phi) is 3.33. The number of hydrogen-bond acceptors (Lipinski definition) is 5. The van der Waals surface area contributed by atoms with Gasteiger partial charge < -0.3 is 9.84 Å². The van der Waals surface area contributed by atoms with E-state index in [1.54, 1.807) is 0 Å². The Bertz CT molecular complexity index is 553. The molecule has 1 saturated heterocycles. The summed E-state index contributed by atoms with van der Waals surface area (Å²) in [4.78, 5) is 4.55. The van der Waals surface area contributed by atoms with Gasteiger partial charge in [0.15, 0.2) is 5.82 Å². The van der Waals surface area contributed by atoms with Crippen LogP contribution in [0.15, 0.2) is 10.6 Å². The molecule has 1 aliphatic heterocycles. The van der Waals surface area contributed by atoms with Crippen LogP contribution in [-0.2, 0) is 6.54 Å². The van der Waals surface area contributed by atoms with Crippen LogP contribution in [-0.4, -0.2) is 33.0 Å². The first-order chi connectivity index (χ1) is 9.28. The van der Waals surface area contributed by atoms with Crippen molar-refractivity contribution in [3.8, 4) is 11.6 Å².